The summed E-state index contributed by atoms with van der Waals surface area (Å²) in [5.74, 6) is -0.288. The van der Waals surface area contributed by atoms with E-state index in [2.05, 4.69) is 31.2 Å². The van der Waals surface area contributed by atoms with E-state index in [1.54, 1.807) is 19.1 Å². The van der Waals surface area contributed by atoms with Crippen LogP contribution in [-0.2, 0) is 0 Å². The third-order valence-corrected chi connectivity index (χ3v) is 3.11. The van der Waals surface area contributed by atoms with Crippen LogP contribution in [0.1, 0.15) is 16.2 Å². The lowest BCUT2D eigenvalue weighted by Crippen LogP contribution is -2.27. The summed E-state index contributed by atoms with van der Waals surface area (Å²) in [5.41, 5.74) is -0.806. The fraction of sp³-hybridized carbons (Fsp3) is 0.0909. The van der Waals surface area contributed by atoms with Gasteiger partial charge in [-0.2, -0.15) is 0 Å². The minimum atomic E-state index is -0.738. The van der Waals surface area contributed by atoms with Crippen LogP contribution in [-0.4, -0.2) is 20.9 Å². The number of pyridine rings is 1. The lowest BCUT2D eigenvalue weighted by atomic mass is 10.3. The van der Waals surface area contributed by atoms with Gasteiger partial charge in [0.15, 0.2) is 0 Å². The first-order valence-electron chi connectivity index (χ1n) is 5.24. The topological polar surface area (TPSA) is 108 Å². The average molecular weight is 325 g/mol. The molecule has 7 nitrogen and oxygen atoms in total. The molecule has 1 amide bonds. The Morgan fingerprint density at radius 1 is 1.32 bits per heavy atom. The van der Waals surface area contributed by atoms with Gasteiger partial charge in [0.1, 0.15) is 11.5 Å². The Balaban J connectivity index is 2.27. The van der Waals surface area contributed by atoms with E-state index in [0.717, 1.165) is 10.5 Å². The second-order valence-corrected chi connectivity index (χ2v) is 4.57. The third-order valence-electron chi connectivity index (χ3n) is 2.27. The van der Waals surface area contributed by atoms with Gasteiger partial charge in [0.25, 0.3) is 11.5 Å². The van der Waals surface area contributed by atoms with Crippen LogP contribution in [0.15, 0.2) is 32.3 Å². The van der Waals surface area contributed by atoms with Crippen LogP contribution < -0.4 is 16.6 Å². The molecule has 2 rings (SSSR count). The molecular weight excluding hydrogens is 316 g/mol. The number of halogens is 1. The normalized spacial score (nSPS) is 10.2. The van der Waals surface area contributed by atoms with Gasteiger partial charge in [-0.3, -0.25) is 14.6 Å². The molecule has 98 valence electrons. The van der Waals surface area contributed by atoms with E-state index < -0.39 is 17.2 Å². The Kier molecular flexibility index (Phi) is 3.61. The maximum atomic E-state index is 11.8. The van der Waals surface area contributed by atoms with Crippen LogP contribution in [0.4, 0.5) is 5.82 Å². The van der Waals surface area contributed by atoms with Crippen LogP contribution in [0.25, 0.3) is 0 Å². The van der Waals surface area contributed by atoms with Crippen molar-refractivity contribution in [2.24, 2.45) is 0 Å². The van der Waals surface area contributed by atoms with Crippen LogP contribution in [0.2, 0.25) is 0 Å². The van der Waals surface area contributed by atoms with E-state index in [0.29, 0.717) is 11.5 Å². The molecule has 0 fully saturated rings. The van der Waals surface area contributed by atoms with Gasteiger partial charge in [-0.15, -0.1) is 0 Å². The van der Waals surface area contributed by atoms with Gasteiger partial charge >= 0.3 is 5.69 Å². The van der Waals surface area contributed by atoms with E-state index >= 15 is 0 Å². The molecule has 0 saturated carbocycles. The van der Waals surface area contributed by atoms with E-state index in [1.165, 1.54) is 0 Å². The molecule has 0 radical (unpaired) electrons. The summed E-state index contributed by atoms with van der Waals surface area (Å²) in [7, 11) is 0. The maximum Gasteiger partial charge on any atom is 0.326 e. The summed E-state index contributed by atoms with van der Waals surface area (Å²) in [4.78, 5) is 42.3. The summed E-state index contributed by atoms with van der Waals surface area (Å²) in [6.45, 7) is 1.77. The summed E-state index contributed by atoms with van der Waals surface area (Å²) >= 11 is 3.29. The highest BCUT2D eigenvalue weighted by Crippen LogP contribution is 2.16. The Morgan fingerprint density at radius 3 is 2.68 bits per heavy atom. The van der Waals surface area contributed by atoms with Crippen molar-refractivity contribution in [2.45, 2.75) is 6.92 Å². The number of aromatic nitrogens is 3. The molecule has 0 unspecified atom stereocenters. The first kappa shape index (κ1) is 13.2. The van der Waals surface area contributed by atoms with Gasteiger partial charge in [-0.25, -0.2) is 9.78 Å². The number of H-pyrrole nitrogens is 2. The number of carbonyl (C=O) groups excluding carboxylic acids is 1. The third kappa shape index (κ3) is 3.16. The molecule has 19 heavy (non-hydrogen) atoms. The Hall–Kier alpha value is -2.22. The minimum absolute atomic E-state index is 0.129. The SMILES string of the molecule is Cc1nc(NC(=O)c2cc(=O)[nH]c(=O)[nH]2)ccc1Br. The monoisotopic (exact) mass is 324 g/mol. The van der Waals surface area contributed by atoms with Gasteiger partial charge in [-0.05, 0) is 35.0 Å². The van der Waals surface area contributed by atoms with Crippen molar-refractivity contribution in [3.63, 3.8) is 0 Å². The minimum Gasteiger partial charge on any atom is -0.305 e. The van der Waals surface area contributed by atoms with Crippen molar-refractivity contribution in [1.29, 1.82) is 0 Å². The second kappa shape index (κ2) is 5.19. The Bertz CT molecular complexity index is 722. The molecular formula is C11H9BrN4O3. The molecule has 0 aliphatic carbocycles. The molecule has 2 heterocycles. The van der Waals surface area contributed by atoms with Gasteiger partial charge in [0, 0.05) is 10.5 Å². The number of carbonyl (C=O) groups is 1. The summed E-state index contributed by atoms with van der Waals surface area (Å²) < 4.78 is 0.815. The van der Waals surface area contributed by atoms with Crippen LogP contribution in [0.5, 0.6) is 0 Å². The average Bonchev–Trinajstić information content (AvgIpc) is 2.32. The number of amides is 1. The fourth-order valence-corrected chi connectivity index (χ4v) is 1.61. The van der Waals surface area contributed by atoms with Crippen LogP contribution in [0, 0.1) is 6.92 Å². The highest BCUT2D eigenvalue weighted by Gasteiger charge is 2.09. The van der Waals surface area contributed by atoms with Gasteiger partial charge in [-0.1, -0.05) is 0 Å². The van der Waals surface area contributed by atoms with Gasteiger partial charge in [0.2, 0.25) is 0 Å². The number of rotatable bonds is 2. The van der Waals surface area contributed by atoms with Crippen LogP contribution in [0.3, 0.4) is 0 Å². The van der Waals surface area contributed by atoms with Crippen molar-refractivity contribution < 1.29 is 4.79 Å². The number of nitrogens with zero attached hydrogens (tertiary/aromatic N) is 1. The molecule has 8 heteroatoms. The van der Waals surface area contributed by atoms with E-state index in [1.807, 2.05) is 4.98 Å². The van der Waals surface area contributed by atoms with Crippen LogP contribution >= 0.6 is 15.9 Å². The number of aryl methyl sites for hydroxylation is 1. The van der Waals surface area contributed by atoms with E-state index in [4.69, 9.17) is 0 Å². The summed E-state index contributed by atoms with van der Waals surface area (Å²) in [6, 6.07) is 4.33. The van der Waals surface area contributed by atoms with Crippen molar-refractivity contribution in [3.8, 4) is 0 Å². The molecule has 3 N–H and O–H groups in total. The molecule has 2 aromatic rings. The lowest BCUT2D eigenvalue weighted by Gasteiger charge is -2.05. The quantitative estimate of drug-likeness (QED) is 0.758. The van der Waals surface area contributed by atoms with Crippen molar-refractivity contribution >= 4 is 27.7 Å². The summed E-state index contributed by atoms with van der Waals surface area (Å²) in [5, 5.41) is 2.49. The fourth-order valence-electron chi connectivity index (χ4n) is 1.39. The predicted molar refractivity (Wildman–Crippen MR) is 72.3 cm³/mol. The van der Waals surface area contributed by atoms with Gasteiger partial charge in [0.05, 0.1) is 5.69 Å². The molecule has 0 atom stereocenters. The highest BCUT2D eigenvalue weighted by molar-refractivity contribution is 9.10. The highest BCUT2D eigenvalue weighted by atomic mass is 79.9. The zero-order valence-electron chi connectivity index (χ0n) is 9.78. The number of hydrogen-bond acceptors (Lipinski definition) is 4. The van der Waals surface area contributed by atoms with E-state index in [9.17, 15) is 14.4 Å². The van der Waals surface area contributed by atoms with Gasteiger partial charge < -0.3 is 10.3 Å². The molecule has 2 aromatic heterocycles. The largest absolute Gasteiger partial charge is 0.326 e. The number of nitrogens with one attached hydrogen (secondary N) is 3. The smallest absolute Gasteiger partial charge is 0.305 e. The molecule has 0 aliphatic heterocycles. The standard InChI is InChI=1S/C11H9BrN4O3/c1-5-6(12)2-3-8(13-5)15-10(18)7-4-9(17)16-11(19)14-7/h2-4H,1H3,(H,13,15,18)(H2,14,16,17,19). The molecule has 0 aliphatic rings. The Morgan fingerprint density at radius 2 is 2.05 bits per heavy atom. The Labute approximate surface area is 115 Å². The molecule has 0 saturated heterocycles. The number of aromatic amines is 2. The predicted octanol–water partition coefficient (Wildman–Crippen LogP) is 0.781. The zero-order chi connectivity index (χ0) is 14.0. The molecule has 0 aromatic carbocycles. The first-order valence-corrected chi connectivity index (χ1v) is 6.03. The van der Waals surface area contributed by atoms with Crippen molar-refractivity contribution in [3.05, 3.63) is 54.9 Å². The van der Waals surface area contributed by atoms with E-state index in [-0.39, 0.29) is 5.69 Å². The zero-order valence-corrected chi connectivity index (χ0v) is 11.4. The maximum absolute atomic E-state index is 11.8. The second-order valence-electron chi connectivity index (χ2n) is 3.72. The summed E-state index contributed by atoms with van der Waals surface area (Å²) in [6.07, 6.45) is 0. The first-order chi connectivity index (χ1) is 8.95. The lowest BCUT2D eigenvalue weighted by molar-refractivity contribution is 0.102. The number of hydrogen-bond donors (Lipinski definition) is 3. The number of anilines is 1. The van der Waals surface area contributed by atoms with Crippen molar-refractivity contribution in [1.82, 2.24) is 15.0 Å². The molecule has 0 bridgehead atoms. The molecule has 0 spiro atoms. The van der Waals surface area contributed by atoms with Crippen molar-refractivity contribution in [2.75, 3.05) is 5.32 Å².